The van der Waals surface area contributed by atoms with E-state index in [9.17, 15) is 4.79 Å². The molecule has 21 heavy (non-hydrogen) atoms. The number of fused-ring (bicyclic) bond motifs is 1. The molecule has 0 heterocycles. The van der Waals surface area contributed by atoms with Crippen molar-refractivity contribution >= 4 is 23.3 Å². The summed E-state index contributed by atoms with van der Waals surface area (Å²) in [6, 6.07) is 15.5. The third-order valence-electron chi connectivity index (χ3n) is 3.93. The molecule has 3 rings (SSSR count). The standard InChI is InChI=1S/C17H16ClNO2/c1-21-16(20)17(19-15-9-5-4-8-14(15)18)10-12-6-2-3-7-13(12)11-17/h2-9,19H,10-11H2,1H3. The molecule has 1 N–H and O–H groups in total. The maximum atomic E-state index is 12.4. The molecule has 0 saturated carbocycles. The average Bonchev–Trinajstić information content (AvgIpc) is 2.88. The largest absolute Gasteiger partial charge is 0.467 e. The number of esters is 1. The highest BCUT2D eigenvalue weighted by Gasteiger charge is 2.45. The highest BCUT2D eigenvalue weighted by Crippen LogP contribution is 2.35. The molecule has 0 aliphatic heterocycles. The van der Waals surface area contributed by atoms with E-state index in [1.54, 1.807) is 6.07 Å². The summed E-state index contributed by atoms with van der Waals surface area (Å²) in [5.74, 6) is -0.265. The molecule has 0 spiro atoms. The molecule has 4 heteroatoms. The van der Waals surface area contributed by atoms with Gasteiger partial charge in [-0.05, 0) is 23.3 Å². The summed E-state index contributed by atoms with van der Waals surface area (Å²) in [7, 11) is 1.42. The quantitative estimate of drug-likeness (QED) is 0.882. The Hall–Kier alpha value is -2.00. The van der Waals surface area contributed by atoms with Crippen molar-refractivity contribution in [3.8, 4) is 0 Å². The van der Waals surface area contributed by atoms with Crippen molar-refractivity contribution in [1.82, 2.24) is 0 Å². The van der Waals surface area contributed by atoms with Crippen molar-refractivity contribution in [3.05, 3.63) is 64.7 Å². The average molecular weight is 302 g/mol. The maximum Gasteiger partial charge on any atom is 0.332 e. The van der Waals surface area contributed by atoms with Crippen LogP contribution in [0.4, 0.5) is 5.69 Å². The van der Waals surface area contributed by atoms with Crippen LogP contribution in [0.1, 0.15) is 11.1 Å². The van der Waals surface area contributed by atoms with Crippen LogP contribution >= 0.6 is 11.6 Å². The number of hydrogen-bond donors (Lipinski definition) is 1. The van der Waals surface area contributed by atoms with Crippen molar-refractivity contribution in [3.63, 3.8) is 0 Å². The predicted octanol–water partition coefficient (Wildman–Crippen LogP) is 3.46. The molecule has 0 fully saturated rings. The summed E-state index contributed by atoms with van der Waals surface area (Å²) in [6.07, 6.45) is 1.20. The molecule has 0 bridgehead atoms. The first kappa shape index (κ1) is 14.0. The van der Waals surface area contributed by atoms with Crippen molar-refractivity contribution in [2.45, 2.75) is 18.4 Å². The van der Waals surface area contributed by atoms with Crippen molar-refractivity contribution in [1.29, 1.82) is 0 Å². The summed E-state index contributed by atoms with van der Waals surface area (Å²) in [5.41, 5.74) is 2.30. The minimum atomic E-state index is -0.788. The first-order chi connectivity index (χ1) is 10.1. The molecule has 0 saturated heterocycles. The van der Waals surface area contributed by atoms with E-state index in [-0.39, 0.29) is 5.97 Å². The fraction of sp³-hybridized carbons (Fsp3) is 0.235. The van der Waals surface area contributed by atoms with E-state index in [1.165, 1.54) is 18.2 Å². The van der Waals surface area contributed by atoms with Gasteiger partial charge >= 0.3 is 5.97 Å². The summed E-state index contributed by atoms with van der Waals surface area (Å²) in [5, 5.41) is 3.91. The minimum absolute atomic E-state index is 0.265. The zero-order valence-corrected chi connectivity index (χ0v) is 12.5. The summed E-state index contributed by atoms with van der Waals surface area (Å²) in [6.45, 7) is 0. The minimum Gasteiger partial charge on any atom is -0.467 e. The lowest BCUT2D eigenvalue weighted by Crippen LogP contribution is -2.48. The van der Waals surface area contributed by atoms with E-state index in [0.717, 1.165) is 5.69 Å². The van der Waals surface area contributed by atoms with Crippen LogP contribution in [0.25, 0.3) is 0 Å². The lowest BCUT2D eigenvalue weighted by Gasteiger charge is -2.29. The van der Waals surface area contributed by atoms with E-state index in [1.807, 2.05) is 42.5 Å². The predicted molar refractivity (Wildman–Crippen MR) is 83.7 cm³/mol. The van der Waals surface area contributed by atoms with Crippen LogP contribution in [0.5, 0.6) is 0 Å². The molecule has 1 aliphatic carbocycles. The van der Waals surface area contributed by atoms with E-state index >= 15 is 0 Å². The third kappa shape index (κ3) is 2.49. The summed E-state index contributed by atoms with van der Waals surface area (Å²) in [4.78, 5) is 12.4. The number of rotatable bonds is 3. The van der Waals surface area contributed by atoms with Crippen LogP contribution in [0, 0.1) is 0 Å². The van der Waals surface area contributed by atoms with Crippen LogP contribution in [0.2, 0.25) is 5.02 Å². The lowest BCUT2D eigenvalue weighted by molar-refractivity contribution is -0.145. The first-order valence-electron chi connectivity index (χ1n) is 6.82. The molecule has 0 atom stereocenters. The molecule has 108 valence electrons. The molecule has 2 aromatic carbocycles. The Bertz CT molecular complexity index is 659. The van der Waals surface area contributed by atoms with Gasteiger partial charge < -0.3 is 10.1 Å². The zero-order chi connectivity index (χ0) is 14.9. The number of carbonyl (C=O) groups excluding carboxylic acids is 1. The van der Waals surface area contributed by atoms with Gasteiger partial charge in [-0.1, -0.05) is 48.0 Å². The van der Waals surface area contributed by atoms with Gasteiger partial charge in [-0.25, -0.2) is 4.79 Å². The van der Waals surface area contributed by atoms with E-state index in [4.69, 9.17) is 16.3 Å². The molecular formula is C17H16ClNO2. The zero-order valence-electron chi connectivity index (χ0n) is 11.7. The number of methoxy groups -OCH3 is 1. The fourth-order valence-electron chi connectivity index (χ4n) is 2.91. The third-order valence-corrected chi connectivity index (χ3v) is 4.26. The van der Waals surface area contributed by atoms with Crippen LogP contribution in [-0.4, -0.2) is 18.6 Å². The second-order valence-electron chi connectivity index (χ2n) is 5.30. The van der Waals surface area contributed by atoms with Crippen LogP contribution in [0.15, 0.2) is 48.5 Å². The Morgan fingerprint density at radius 2 is 1.67 bits per heavy atom. The molecule has 2 aromatic rings. The Labute approximate surface area is 128 Å². The van der Waals surface area contributed by atoms with Gasteiger partial charge in [-0.2, -0.15) is 0 Å². The lowest BCUT2D eigenvalue weighted by atomic mass is 9.95. The molecule has 0 amide bonds. The number of anilines is 1. The number of carbonyl (C=O) groups is 1. The van der Waals surface area contributed by atoms with Crippen LogP contribution < -0.4 is 5.32 Å². The highest BCUT2D eigenvalue weighted by molar-refractivity contribution is 6.33. The van der Waals surface area contributed by atoms with Gasteiger partial charge in [0.05, 0.1) is 17.8 Å². The number of halogens is 1. The first-order valence-corrected chi connectivity index (χ1v) is 7.20. The van der Waals surface area contributed by atoms with Crippen molar-refractivity contribution < 1.29 is 9.53 Å². The fourth-order valence-corrected chi connectivity index (χ4v) is 3.10. The number of nitrogens with one attached hydrogen (secondary N) is 1. The maximum absolute atomic E-state index is 12.4. The second kappa shape index (κ2) is 5.41. The monoisotopic (exact) mass is 301 g/mol. The van der Waals surface area contributed by atoms with Crippen molar-refractivity contribution in [2.75, 3.05) is 12.4 Å². The molecule has 1 aliphatic rings. The molecule has 0 aromatic heterocycles. The Balaban J connectivity index is 1.98. The van der Waals surface area contributed by atoms with Gasteiger partial charge in [-0.3, -0.25) is 0 Å². The number of para-hydroxylation sites is 1. The Morgan fingerprint density at radius 3 is 2.24 bits per heavy atom. The number of hydrogen-bond acceptors (Lipinski definition) is 3. The number of benzene rings is 2. The van der Waals surface area contributed by atoms with Gasteiger partial charge in [0.15, 0.2) is 0 Å². The Morgan fingerprint density at radius 1 is 1.10 bits per heavy atom. The second-order valence-corrected chi connectivity index (χ2v) is 5.71. The van der Waals surface area contributed by atoms with E-state index < -0.39 is 5.54 Å². The molecule has 0 unspecified atom stereocenters. The van der Waals surface area contributed by atoms with E-state index in [0.29, 0.717) is 17.9 Å². The Kier molecular flexibility index (Phi) is 3.60. The number of ether oxygens (including phenoxy) is 1. The van der Waals surface area contributed by atoms with E-state index in [2.05, 4.69) is 5.32 Å². The van der Waals surface area contributed by atoms with Crippen molar-refractivity contribution in [2.24, 2.45) is 0 Å². The van der Waals surface area contributed by atoms with Crippen LogP contribution in [0.3, 0.4) is 0 Å². The van der Waals surface area contributed by atoms with Gasteiger partial charge in [0.2, 0.25) is 0 Å². The highest BCUT2D eigenvalue weighted by atomic mass is 35.5. The molecule has 0 radical (unpaired) electrons. The van der Waals surface area contributed by atoms with Gasteiger partial charge in [0.25, 0.3) is 0 Å². The SMILES string of the molecule is COC(=O)C1(Nc2ccccc2Cl)Cc2ccccc2C1. The smallest absolute Gasteiger partial charge is 0.332 e. The molecular weight excluding hydrogens is 286 g/mol. The summed E-state index contributed by atoms with van der Waals surface area (Å²) >= 11 is 6.21. The summed E-state index contributed by atoms with van der Waals surface area (Å²) < 4.78 is 5.04. The van der Waals surface area contributed by atoms with Gasteiger partial charge in [-0.15, -0.1) is 0 Å². The van der Waals surface area contributed by atoms with Gasteiger partial charge in [0, 0.05) is 12.8 Å². The topological polar surface area (TPSA) is 38.3 Å². The normalized spacial score (nSPS) is 15.3. The molecule has 3 nitrogen and oxygen atoms in total. The van der Waals surface area contributed by atoms with Crippen LogP contribution in [-0.2, 0) is 22.4 Å². The van der Waals surface area contributed by atoms with Gasteiger partial charge in [0.1, 0.15) is 5.54 Å².